The average Bonchev–Trinajstić information content (AvgIpc) is 2.45. The lowest BCUT2D eigenvalue weighted by Gasteiger charge is -2.24. The second kappa shape index (κ2) is 6.64. The number of methoxy groups -OCH3 is 1. The maximum Gasteiger partial charge on any atom is 0.299 e. The highest BCUT2D eigenvalue weighted by molar-refractivity contribution is 7.90. The summed E-state index contributed by atoms with van der Waals surface area (Å²) in [4.78, 5) is 0. The van der Waals surface area contributed by atoms with Crippen molar-refractivity contribution < 1.29 is 18.3 Å². The van der Waals surface area contributed by atoms with E-state index in [-0.39, 0.29) is 17.5 Å². The van der Waals surface area contributed by atoms with Gasteiger partial charge in [0.25, 0.3) is 10.2 Å². The number of ether oxygens (including phenoxy) is 1. The second-order valence-electron chi connectivity index (χ2n) is 5.24. The molecule has 0 fully saturated rings. The minimum absolute atomic E-state index is 0.0626. The molecule has 1 aromatic carbocycles. The summed E-state index contributed by atoms with van der Waals surface area (Å²) in [5.41, 5.74) is 2.28. The molecular formula is C14H22N2O4S. The quantitative estimate of drug-likeness (QED) is 0.695. The molecule has 0 heterocycles. The zero-order valence-electron chi connectivity index (χ0n) is 12.3. The van der Waals surface area contributed by atoms with E-state index in [4.69, 9.17) is 4.74 Å². The molecule has 1 atom stereocenters. The molecule has 1 aromatic rings. The van der Waals surface area contributed by atoms with Gasteiger partial charge in [-0.2, -0.15) is 13.1 Å². The summed E-state index contributed by atoms with van der Waals surface area (Å²) in [5.74, 6) is -0.0626. The van der Waals surface area contributed by atoms with Gasteiger partial charge in [-0.25, -0.2) is 0 Å². The number of aromatic hydroxyl groups is 1. The Morgan fingerprint density at radius 2 is 2.14 bits per heavy atom. The van der Waals surface area contributed by atoms with Crippen molar-refractivity contribution >= 4 is 15.9 Å². The molecule has 0 bridgehead atoms. The zero-order valence-corrected chi connectivity index (χ0v) is 13.2. The summed E-state index contributed by atoms with van der Waals surface area (Å²) < 4.78 is 33.8. The highest BCUT2D eigenvalue weighted by atomic mass is 32.2. The molecule has 118 valence electrons. The monoisotopic (exact) mass is 314 g/mol. The number of aryl methyl sites for hydroxylation is 1. The van der Waals surface area contributed by atoms with Gasteiger partial charge in [0.15, 0.2) is 0 Å². The first-order valence-electron chi connectivity index (χ1n) is 7.10. The molecule has 0 aliphatic heterocycles. The Hall–Kier alpha value is -1.31. The fourth-order valence-electron chi connectivity index (χ4n) is 2.46. The predicted octanol–water partition coefficient (Wildman–Crippen LogP) is 1.55. The number of phenols is 1. The topological polar surface area (TPSA) is 87.7 Å². The molecule has 0 saturated heterocycles. The molecule has 0 radical (unpaired) electrons. The number of nitrogens with one attached hydrogen (secondary N) is 2. The van der Waals surface area contributed by atoms with Gasteiger partial charge < -0.3 is 9.84 Å². The van der Waals surface area contributed by atoms with Crippen LogP contribution in [0.15, 0.2) is 12.1 Å². The van der Waals surface area contributed by atoms with E-state index in [1.54, 1.807) is 19.2 Å². The van der Waals surface area contributed by atoms with Crippen molar-refractivity contribution in [3.05, 3.63) is 23.3 Å². The van der Waals surface area contributed by atoms with Crippen LogP contribution in [-0.4, -0.2) is 33.3 Å². The van der Waals surface area contributed by atoms with Gasteiger partial charge in [0, 0.05) is 13.7 Å². The Morgan fingerprint density at radius 3 is 2.81 bits per heavy atom. The van der Waals surface area contributed by atoms with E-state index in [9.17, 15) is 13.5 Å². The van der Waals surface area contributed by atoms with Crippen LogP contribution >= 0.6 is 0 Å². The van der Waals surface area contributed by atoms with Crippen LogP contribution in [0, 0.1) is 0 Å². The van der Waals surface area contributed by atoms with Crippen LogP contribution in [0.25, 0.3) is 0 Å². The molecule has 3 N–H and O–H groups in total. The van der Waals surface area contributed by atoms with Crippen LogP contribution in [0.1, 0.15) is 30.9 Å². The number of benzene rings is 1. The molecule has 6 nitrogen and oxygen atoms in total. The molecule has 0 amide bonds. The maximum absolute atomic E-state index is 11.8. The molecule has 0 aromatic heterocycles. The van der Waals surface area contributed by atoms with Crippen LogP contribution in [0.5, 0.6) is 5.75 Å². The third kappa shape index (κ3) is 4.09. The van der Waals surface area contributed by atoms with Crippen LogP contribution in [0.3, 0.4) is 0 Å². The number of rotatable bonds is 6. The van der Waals surface area contributed by atoms with E-state index in [0.717, 1.165) is 30.4 Å². The Bertz CT molecular complexity index is 601. The third-order valence-corrected chi connectivity index (χ3v) is 4.69. The molecule has 1 aliphatic rings. The number of phenolic OH excluding ortho intramolecular Hbond substituents is 1. The standard InChI is InChI=1S/C14H22N2O4S/c1-3-6-15-21(18,19)16-13-8-10-4-5-12(20-2)7-11(10)9-14(13)17/h8-9,12,15-17H,3-7H2,1-2H3. The molecule has 1 aliphatic carbocycles. The van der Waals surface area contributed by atoms with Gasteiger partial charge in [0.1, 0.15) is 5.75 Å². The van der Waals surface area contributed by atoms with Crippen LogP contribution < -0.4 is 9.44 Å². The van der Waals surface area contributed by atoms with E-state index >= 15 is 0 Å². The third-order valence-electron chi connectivity index (χ3n) is 3.62. The number of hydrogen-bond acceptors (Lipinski definition) is 4. The van der Waals surface area contributed by atoms with Gasteiger partial charge in [-0.1, -0.05) is 6.92 Å². The summed E-state index contributed by atoms with van der Waals surface area (Å²) in [6.07, 6.45) is 3.31. The van der Waals surface area contributed by atoms with Crippen molar-refractivity contribution in [3.63, 3.8) is 0 Å². The second-order valence-corrected chi connectivity index (χ2v) is 6.74. The molecular weight excluding hydrogens is 292 g/mol. The minimum Gasteiger partial charge on any atom is -0.506 e. The van der Waals surface area contributed by atoms with Crippen molar-refractivity contribution in [3.8, 4) is 5.75 Å². The van der Waals surface area contributed by atoms with Crippen molar-refractivity contribution in [2.24, 2.45) is 0 Å². The van der Waals surface area contributed by atoms with E-state index in [1.165, 1.54) is 0 Å². The largest absolute Gasteiger partial charge is 0.506 e. The van der Waals surface area contributed by atoms with Gasteiger partial charge in [-0.3, -0.25) is 4.72 Å². The molecule has 2 rings (SSSR count). The molecule has 7 heteroatoms. The van der Waals surface area contributed by atoms with E-state index < -0.39 is 10.2 Å². The molecule has 21 heavy (non-hydrogen) atoms. The number of fused-ring (bicyclic) bond motifs is 1. The van der Waals surface area contributed by atoms with E-state index in [1.807, 2.05) is 6.92 Å². The van der Waals surface area contributed by atoms with E-state index in [2.05, 4.69) is 9.44 Å². The predicted molar refractivity (Wildman–Crippen MR) is 81.8 cm³/mol. The van der Waals surface area contributed by atoms with Crippen molar-refractivity contribution in [2.45, 2.75) is 38.7 Å². The van der Waals surface area contributed by atoms with E-state index in [0.29, 0.717) is 13.0 Å². The maximum atomic E-state index is 11.8. The first-order valence-corrected chi connectivity index (χ1v) is 8.58. The lowest BCUT2D eigenvalue weighted by molar-refractivity contribution is 0.0911. The summed E-state index contributed by atoms with van der Waals surface area (Å²) in [7, 11) is -1.97. The van der Waals surface area contributed by atoms with Crippen molar-refractivity contribution in [2.75, 3.05) is 18.4 Å². The smallest absolute Gasteiger partial charge is 0.299 e. The molecule has 1 unspecified atom stereocenters. The SMILES string of the molecule is CCCNS(=O)(=O)Nc1cc2c(cc1O)CC(OC)CC2. The molecule has 0 spiro atoms. The van der Waals surface area contributed by atoms with Gasteiger partial charge in [0.05, 0.1) is 11.8 Å². The minimum atomic E-state index is -3.65. The van der Waals surface area contributed by atoms with Gasteiger partial charge in [-0.05, 0) is 48.9 Å². The Balaban J connectivity index is 2.19. The number of hydrogen-bond donors (Lipinski definition) is 3. The molecule has 0 saturated carbocycles. The highest BCUT2D eigenvalue weighted by Gasteiger charge is 2.21. The Kier molecular flexibility index (Phi) is 5.08. The lowest BCUT2D eigenvalue weighted by atomic mass is 9.89. The lowest BCUT2D eigenvalue weighted by Crippen LogP contribution is -2.30. The summed E-state index contributed by atoms with van der Waals surface area (Å²) >= 11 is 0. The summed E-state index contributed by atoms with van der Waals surface area (Å²) in [6, 6.07) is 3.33. The fourth-order valence-corrected chi connectivity index (χ4v) is 3.46. The number of anilines is 1. The van der Waals surface area contributed by atoms with Crippen molar-refractivity contribution in [1.82, 2.24) is 4.72 Å². The highest BCUT2D eigenvalue weighted by Crippen LogP contribution is 2.32. The normalized spacial score (nSPS) is 18.3. The van der Waals surface area contributed by atoms with Crippen LogP contribution in [0.4, 0.5) is 5.69 Å². The van der Waals surface area contributed by atoms with Gasteiger partial charge in [0.2, 0.25) is 0 Å². The Morgan fingerprint density at radius 1 is 1.38 bits per heavy atom. The van der Waals surface area contributed by atoms with Gasteiger partial charge >= 0.3 is 0 Å². The summed E-state index contributed by atoms with van der Waals surface area (Å²) in [5, 5.41) is 10.0. The first-order chi connectivity index (χ1) is 9.95. The van der Waals surface area contributed by atoms with Crippen molar-refractivity contribution in [1.29, 1.82) is 0 Å². The summed E-state index contributed by atoms with van der Waals surface area (Å²) in [6.45, 7) is 2.24. The Labute approximate surface area is 125 Å². The van der Waals surface area contributed by atoms with Crippen LogP contribution in [-0.2, 0) is 27.8 Å². The average molecular weight is 314 g/mol. The fraction of sp³-hybridized carbons (Fsp3) is 0.571. The van der Waals surface area contributed by atoms with Gasteiger partial charge in [-0.15, -0.1) is 0 Å². The van der Waals surface area contributed by atoms with Crippen LogP contribution in [0.2, 0.25) is 0 Å². The zero-order chi connectivity index (χ0) is 15.5. The first kappa shape index (κ1) is 16.1.